The minimum atomic E-state index is -0.385. The Morgan fingerprint density at radius 1 is 0.767 bits per heavy atom. The van der Waals surface area contributed by atoms with E-state index in [0.29, 0.717) is 11.1 Å². The molecule has 5 heteroatoms. The number of benzene rings is 3. The Kier molecular flexibility index (Phi) is 4.08. The van der Waals surface area contributed by atoms with Gasteiger partial charge in [0.2, 0.25) is 0 Å². The molecular formula is C25H22BNO3. The van der Waals surface area contributed by atoms with Gasteiger partial charge in [0.05, 0.1) is 16.8 Å². The van der Waals surface area contributed by atoms with Gasteiger partial charge >= 0.3 is 7.12 Å². The monoisotopic (exact) mass is 395 g/mol. The zero-order valence-corrected chi connectivity index (χ0v) is 17.5. The molecule has 0 unspecified atom stereocenters. The van der Waals surface area contributed by atoms with Crippen molar-refractivity contribution >= 4 is 34.5 Å². The molecule has 30 heavy (non-hydrogen) atoms. The summed E-state index contributed by atoms with van der Waals surface area (Å²) in [6.07, 6.45) is 0. The van der Waals surface area contributed by atoms with Crippen LogP contribution in [0.3, 0.4) is 0 Å². The Morgan fingerprint density at radius 3 is 2.00 bits per heavy atom. The summed E-state index contributed by atoms with van der Waals surface area (Å²) in [4.78, 5) is 0. The van der Waals surface area contributed by atoms with E-state index in [1.165, 1.54) is 0 Å². The predicted octanol–water partition coefficient (Wildman–Crippen LogP) is 5.42. The highest BCUT2D eigenvalue weighted by Crippen LogP contribution is 2.38. The van der Waals surface area contributed by atoms with Gasteiger partial charge in [-0.3, -0.25) is 0 Å². The molecule has 2 heterocycles. The van der Waals surface area contributed by atoms with Gasteiger partial charge in [-0.15, -0.1) is 0 Å². The van der Waals surface area contributed by atoms with Gasteiger partial charge < -0.3 is 13.7 Å². The fourth-order valence-electron chi connectivity index (χ4n) is 3.93. The summed E-state index contributed by atoms with van der Waals surface area (Å²) in [6.45, 7) is 8.22. The van der Waals surface area contributed by atoms with Crippen LogP contribution in [0.25, 0.3) is 33.1 Å². The molecule has 0 N–H and O–H groups in total. The second-order valence-corrected chi connectivity index (χ2v) is 8.79. The van der Waals surface area contributed by atoms with Gasteiger partial charge in [-0.1, -0.05) is 54.6 Å². The Labute approximate surface area is 176 Å². The van der Waals surface area contributed by atoms with Crippen molar-refractivity contribution < 1.29 is 13.7 Å². The van der Waals surface area contributed by atoms with Gasteiger partial charge in [-0.25, -0.2) is 0 Å². The summed E-state index contributed by atoms with van der Waals surface area (Å²) >= 11 is 0. The maximum Gasteiger partial charge on any atom is 0.494 e. The van der Waals surface area contributed by atoms with Gasteiger partial charge in [-0.2, -0.15) is 5.26 Å². The number of nitrogens with zero attached hydrogens (tertiary/aromatic N) is 1. The first-order valence-electron chi connectivity index (χ1n) is 10.1. The largest absolute Gasteiger partial charge is 0.494 e. The van der Waals surface area contributed by atoms with Crippen molar-refractivity contribution in [1.29, 1.82) is 5.26 Å². The van der Waals surface area contributed by atoms with Crippen LogP contribution in [0.2, 0.25) is 0 Å². The quantitative estimate of drug-likeness (QED) is 0.425. The fourth-order valence-corrected chi connectivity index (χ4v) is 3.93. The third kappa shape index (κ3) is 2.76. The topological polar surface area (TPSA) is 55.4 Å². The molecule has 3 aromatic carbocycles. The fraction of sp³-hybridized carbons (Fsp3) is 0.240. The van der Waals surface area contributed by atoms with E-state index < -0.39 is 0 Å². The highest BCUT2D eigenvalue weighted by atomic mass is 16.7. The van der Waals surface area contributed by atoms with E-state index in [2.05, 4.69) is 45.9 Å². The molecule has 0 spiro atoms. The lowest BCUT2D eigenvalue weighted by Gasteiger charge is -2.32. The van der Waals surface area contributed by atoms with Crippen LogP contribution in [-0.2, 0) is 9.31 Å². The number of furan rings is 1. The van der Waals surface area contributed by atoms with Crippen LogP contribution >= 0.6 is 0 Å². The maximum atomic E-state index is 9.42. The summed E-state index contributed by atoms with van der Waals surface area (Å²) in [5, 5.41) is 11.4. The molecule has 5 rings (SSSR count). The number of para-hydroxylation sites is 2. The van der Waals surface area contributed by atoms with Gasteiger partial charge in [0.1, 0.15) is 11.7 Å². The van der Waals surface area contributed by atoms with E-state index in [-0.39, 0.29) is 18.3 Å². The average molecular weight is 395 g/mol. The molecule has 4 nitrogen and oxygen atoms in total. The summed E-state index contributed by atoms with van der Waals surface area (Å²) in [6, 6.07) is 22.2. The van der Waals surface area contributed by atoms with Crippen LogP contribution in [0.15, 0.2) is 65.1 Å². The van der Waals surface area contributed by atoms with Crippen molar-refractivity contribution in [2.75, 3.05) is 0 Å². The lowest BCUT2D eigenvalue weighted by Crippen LogP contribution is -2.41. The van der Waals surface area contributed by atoms with Gasteiger partial charge in [0.15, 0.2) is 5.58 Å². The lowest BCUT2D eigenvalue weighted by molar-refractivity contribution is 0.00578. The van der Waals surface area contributed by atoms with E-state index in [0.717, 1.165) is 32.9 Å². The minimum Gasteiger partial charge on any atom is -0.454 e. The number of hydrogen-bond donors (Lipinski definition) is 0. The Balaban J connectivity index is 1.56. The zero-order valence-electron chi connectivity index (χ0n) is 17.5. The molecule has 1 aromatic heterocycles. The molecule has 1 aliphatic rings. The minimum absolute atomic E-state index is 0.366. The van der Waals surface area contributed by atoms with Crippen molar-refractivity contribution in [2.45, 2.75) is 38.9 Å². The van der Waals surface area contributed by atoms with Crippen molar-refractivity contribution in [2.24, 2.45) is 0 Å². The summed E-state index contributed by atoms with van der Waals surface area (Å²) in [7, 11) is -0.385. The van der Waals surface area contributed by atoms with Crippen LogP contribution in [0.4, 0.5) is 0 Å². The smallest absolute Gasteiger partial charge is 0.454 e. The Morgan fingerprint density at radius 2 is 1.37 bits per heavy atom. The molecule has 0 radical (unpaired) electrons. The summed E-state index contributed by atoms with van der Waals surface area (Å²) in [5.74, 6) is 0. The Hall–Kier alpha value is -3.07. The molecule has 1 fully saturated rings. The molecule has 4 aromatic rings. The van der Waals surface area contributed by atoms with Crippen molar-refractivity contribution in [1.82, 2.24) is 0 Å². The van der Waals surface area contributed by atoms with Crippen molar-refractivity contribution in [3.05, 3.63) is 66.2 Å². The first kappa shape index (κ1) is 18.9. The third-order valence-electron chi connectivity index (χ3n) is 6.39. The highest BCUT2D eigenvalue weighted by Gasteiger charge is 2.51. The first-order chi connectivity index (χ1) is 14.3. The second kappa shape index (κ2) is 6.47. The van der Waals surface area contributed by atoms with Crippen molar-refractivity contribution in [3.63, 3.8) is 0 Å². The first-order valence-corrected chi connectivity index (χ1v) is 10.1. The molecule has 0 saturated carbocycles. The Bertz CT molecular complexity index is 1300. The van der Waals surface area contributed by atoms with Crippen LogP contribution < -0.4 is 5.46 Å². The average Bonchev–Trinajstić information content (AvgIpc) is 3.21. The molecule has 0 amide bonds. The van der Waals surface area contributed by atoms with Crippen LogP contribution in [0.5, 0.6) is 0 Å². The normalized spacial score (nSPS) is 17.5. The van der Waals surface area contributed by atoms with Gasteiger partial charge in [0, 0.05) is 16.3 Å². The van der Waals surface area contributed by atoms with E-state index in [9.17, 15) is 5.26 Å². The van der Waals surface area contributed by atoms with E-state index in [4.69, 9.17) is 13.7 Å². The molecule has 0 aliphatic carbocycles. The zero-order chi connectivity index (χ0) is 21.1. The van der Waals surface area contributed by atoms with Gasteiger partial charge in [-0.05, 0) is 44.8 Å². The summed E-state index contributed by atoms with van der Waals surface area (Å²) < 4.78 is 18.5. The molecule has 0 bridgehead atoms. The molecule has 1 saturated heterocycles. The van der Waals surface area contributed by atoms with Gasteiger partial charge in [0.25, 0.3) is 0 Å². The third-order valence-corrected chi connectivity index (χ3v) is 6.39. The maximum absolute atomic E-state index is 9.42. The standard InChI is InChI=1S/C25H22BNO3/c1-24(2)25(3,4)30-26(29-24)18-13-11-16(12-14-18)19-8-6-10-21-20-9-5-7-17(15-27)22(20)28-23(19)21/h5-14H,1-4H3. The number of rotatable bonds is 2. The second-order valence-electron chi connectivity index (χ2n) is 8.79. The van der Waals surface area contributed by atoms with Crippen LogP contribution in [-0.4, -0.2) is 18.3 Å². The molecule has 148 valence electrons. The van der Waals surface area contributed by atoms with E-state index in [1.54, 1.807) is 6.07 Å². The highest BCUT2D eigenvalue weighted by molar-refractivity contribution is 6.62. The van der Waals surface area contributed by atoms with E-state index in [1.807, 2.05) is 42.5 Å². The molecule has 1 aliphatic heterocycles. The molecule has 0 atom stereocenters. The number of nitriles is 1. The number of hydrogen-bond acceptors (Lipinski definition) is 4. The predicted molar refractivity (Wildman–Crippen MR) is 120 cm³/mol. The van der Waals surface area contributed by atoms with Crippen LogP contribution in [0, 0.1) is 11.3 Å². The molecular weight excluding hydrogens is 373 g/mol. The SMILES string of the molecule is CC1(C)OB(c2ccc(-c3cccc4c3oc3c(C#N)cccc34)cc2)OC1(C)C. The summed E-state index contributed by atoms with van der Waals surface area (Å²) in [5.41, 5.74) is 4.26. The number of fused-ring (bicyclic) bond motifs is 3. The lowest BCUT2D eigenvalue weighted by atomic mass is 9.78. The van der Waals surface area contributed by atoms with Crippen LogP contribution in [0.1, 0.15) is 33.3 Å². The van der Waals surface area contributed by atoms with Crippen molar-refractivity contribution in [3.8, 4) is 17.2 Å². The van der Waals surface area contributed by atoms with E-state index >= 15 is 0 Å².